The van der Waals surface area contributed by atoms with Gasteiger partial charge in [-0.05, 0) is 51.6 Å². The Morgan fingerprint density at radius 2 is 1.81 bits per heavy atom. The summed E-state index contributed by atoms with van der Waals surface area (Å²) in [6.45, 7) is 5.52. The van der Waals surface area contributed by atoms with E-state index in [1.165, 1.54) is 11.3 Å². The highest BCUT2D eigenvalue weighted by molar-refractivity contribution is 5.45. The fraction of sp³-hybridized carbons (Fsp3) is 0.571. The van der Waals surface area contributed by atoms with Gasteiger partial charge in [-0.15, -0.1) is 0 Å². The first-order chi connectivity index (χ1) is 7.61. The average molecular weight is 220 g/mol. The Hall–Kier alpha value is -1.02. The largest absolute Gasteiger partial charge is 0.383 e. The van der Waals surface area contributed by atoms with Gasteiger partial charge in [0, 0.05) is 18.3 Å². The van der Waals surface area contributed by atoms with Gasteiger partial charge in [0.2, 0.25) is 0 Å². The number of nitrogens with zero attached hydrogens (tertiary/aromatic N) is 1. The molecule has 1 rings (SSSR count). The second-order valence-electron chi connectivity index (χ2n) is 4.70. The maximum Gasteiger partial charge on any atom is 0.0342 e. The Kier molecular flexibility index (Phi) is 5.33. The molecule has 90 valence electrons. The first-order valence-electron chi connectivity index (χ1n) is 6.12. The lowest BCUT2D eigenvalue weighted by atomic mass is 10.1. The molecule has 1 unspecified atom stereocenters. The van der Waals surface area contributed by atoms with Crippen LogP contribution in [0.1, 0.15) is 25.8 Å². The molecule has 1 aromatic carbocycles. The fourth-order valence-corrected chi connectivity index (χ4v) is 1.51. The van der Waals surface area contributed by atoms with Crippen molar-refractivity contribution in [1.82, 2.24) is 4.90 Å². The Morgan fingerprint density at radius 3 is 2.31 bits per heavy atom. The molecule has 1 atom stereocenters. The van der Waals surface area contributed by atoms with Gasteiger partial charge in [0.15, 0.2) is 0 Å². The predicted molar refractivity (Wildman–Crippen MR) is 72.1 cm³/mol. The highest BCUT2D eigenvalue weighted by Gasteiger charge is 1.99. The smallest absolute Gasteiger partial charge is 0.0342 e. The van der Waals surface area contributed by atoms with E-state index in [2.05, 4.69) is 62.4 Å². The van der Waals surface area contributed by atoms with Crippen molar-refractivity contribution < 1.29 is 0 Å². The third-order valence-corrected chi connectivity index (χ3v) is 2.83. The molecule has 0 amide bonds. The van der Waals surface area contributed by atoms with Crippen LogP contribution in [-0.2, 0) is 6.42 Å². The van der Waals surface area contributed by atoms with E-state index >= 15 is 0 Å². The summed E-state index contributed by atoms with van der Waals surface area (Å²) in [4.78, 5) is 2.21. The van der Waals surface area contributed by atoms with Crippen LogP contribution in [0.3, 0.4) is 0 Å². The van der Waals surface area contributed by atoms with Crippen molar-refractivity contribution >= 4 is 5.69 Å². The average Bonchev–Trinajstić information content (AvgIpc) is 2.28. The maximum atomic E-state index is 3.47. The van der Waals surface area contributed by atoms with Gasteiger partial charge in [-0.1, -0.05) is 19.1 Å². The first kappa shape index (κ1) is 13.0. The van der Waals surface area contributed by atoms with Gasteiger partial charge in [0.1, 0.15) is 0 Å². The number of likely N-dealkylation sites (N-methyl/N-ethyl adjacent to an activating group) is 1. The summed E-state index contributed by atoms with van der Waals surface area (Å²) in [5.74, 6) is 0. The minimum Gasteiger partial charge on any atom is -0.383 e. The second kappa shape index (κ2) is 6.54. The summed E-state index contributed by atoms with van der Waals surface area (Å²) in [7, 11) is 4.22. The summed E-state index contributed by atoms with van der Waals surface area (Å²) < 4.78 is 0. The SMILES string of the molecule is CCC(C)Nc1ccc(CCN(C)C)cc1. The Balaban J connectivity index is 2.47. The van der Waals surface area contributed by atoms with Crippen LogP contribution in [0.2, 0.25) is 0 Å². The van der Waals surface area contributed by atoms with Gasteiger partial charge in [-0.25, -0.2) is 0 Å². The van der Waals surface area contributed by atoms with Crippen LogP contribution >= 0.6 is 0 Å². The highest BCUT2D eigenvalue weighted by Crippen LogP contribution is 2.12. The van der Waals surface area contributed by atoms with Crippen molar-refractivity contribution in [3.8, 4) is 0 Å². The molecular weight excluding hydrogens is 196 g/mol. The Morgan fingerprint density at radius 1 is 1.19 bits per heavy atom. The number of nitrogens with one attached hydrogen (secondary N) is 1. The van der Waals surface area contributed by atoms with E-state index in [1.807, 2.05) is 0 Å². The number of anilines is 1. The Labute approximate surface area is 99.7 Å². The van der Waals surface area contributed by atoms with Crippen LogP contribution in [0.15, 0.2) is 24.3 Å². The molecule has 0 heterocycles. The normalized spacial score (nSPS) is 12.8. The van der Waals surface area contributed by atoms with E-state index in [9.17, 15) is 0 Å². The zero-order valence-corrected chi connectivity index (χ0v) is 11.0. The molecule has 0 fully saturated rings. The van der Waals surface area contributed by atoms with Gasteiger partial charge in [0.25, 0.3) is 0 Å². The first-order valence-corrected chi connectivity index (χ1v) is 6.12. The number of rotatable bonds is 6. The molecule has 0 spiro atoms. The summed E-state index contributed by atoms with van der Waals surface area (Å²) in [6, 6.07) is 9.34. The highest BCUT2D eigenvalue weighted by atomic mass is 15.0. The van der Waals surface area contributed by atoms with Crippen LogP contribution in [-0.4, -0.2) is 31.6 Å². The minimum atomic E-state index is 0.549. The monoisotopic (exact) mass is 220 g/mol. The van der Waals surface area contributed by atoms with Crippen LogP contribution in [0, 0.1) is 0 Å². The molecule has 0 aliphatic heterocycles. The van der Waals surface area contributed by atoms with Crippen molar-refractivity contribution in [1.29, 1.82) is 0 Å². The van der Waals surface area contributed by atoms with Gasteiger partial charge < -0.3 is 10.2 Å². The molecule has 0 saturated heterocycles. The summed E-state index contributed by atoms with van der Waals surface area (Å²) in [5.41, 5.74) is 2.63. The van der Waals surface area contributed by atoms with Gasteiger partial charge >= 0.3 is 0 Å². The van der Waals surface area contributed by atoms with E-state index < -0.39 is 0 Å². The van der Waals surface area contributed by atoms with Crippen LogP contribution in [0.5, 0.6) is 0 Å². The summed E-state index contributed by atoms with van der Waals surface area (Å²) in [5, 5.41) is 3.47. The Bertz CT molecular complexity index is 290. The predicted octanol–water partition coefficient (Wildman–Crippen LogP) is 3.00. The molecular formula is C14H24N2. The summed E-state index contributed by atoms with van der Waals surface area (Å²) >= 11 is 0. The van der Waals surface area contributed by atoms with Crippen molar-refractivity contribution in [2.45, 2.75) is 32.7 Å². The fourth-order valence-electron chi connectivity index (χ4n) is 1.51. The third-order valence-electron chi connectivity index (χ3n) is 2.83. The zero-order valence-electron chi connectivity index (χ0n) is 11.0. The third kappa shape index (κ3) is 4.67. The standard InChI is InChI=1S/C14H24N2/c1-5-12(2)15-14-8-6-13(7-9-14)10-11-16(3)4/h6-9,12,15H,5,10-11H2,1-4H3. The summed E-state index contributed by atoms with van der Waals surface area (Å²) in [6.07, 6.45) is 2.28. The van der Waals surface area contributed by atoms with E-state index in [0.717, 1.165) is 19.4 Å². The van der Waals surface area contributed by atoms with Gasteiger partial charge in [-0.2, -0.15) is 0 Å². The van der Waals surface area contributed by atoms with E-state index in [4.69, 9.17) is 0 Å². The molecule has 0 radical (unpaired) electrons. The maximum absolute atomic E-state index is 3.47. The van der Waals surface area contributed by atoms with Crippen molar-refractivity contribution in [2.24, 2.45) is 0 Å². The molecule has 16 heavy (non-hydrogen) atoms. The zero-order chi connectivity index (χ0) is 12.0. The molecule has 2 heteroatoms. The number of hydrogen-bond acceptors (Lipinski definition) is 2. The lowest BCUT2D eigenvalue weighted by Gasteiger charge is -2.14. The van der Waals surface area contributed by atoms with Gasteiger partial charge in [0.05, 0.1) is 0 Å². The molecule has 0 bridgehead atoms. The van der Waals surface area contributed by atoms with Crippen LogP contribution in [0.25, 0.3) is 0 Å². The molecule has 2 nitrogen and oxygen atoms in total. The minimum absolute atomic E-state index is 0.549. The lowest BCUT2D eigenvalue weighted by Crippen LogP contribution is -2.15. The van der Waals surface area contributed by atoms with E-state index in [0.29, 0.717) is 6.04 Å². The molecule has 0 aromatic heterocycles. The van der Waals surface area contributed by atoms with Gasteiger partial charge in [-0.3, -0.25) is 0 Å². The molecule has 0 aliphatic carbocycles. The topological polar surface area (TPSA) is 15.3 Å². The second-order valence-corrected chi connectivity index (χ2v) is 4.70. The van der Waals surface area contributed by atoms with Crippen molar-refractivity contribution in [3.05, 3.63) is 29.8 Å². The lowest BCUT2D eigenvalue weighted by molar-refractivity contribution is 0.413. The molecule has 0 aliphatic rings. The van der Waals surface area contributed by atoms with Crippen molar-refractivity contribution in [2.75, 3.05) is 26.0 Å². The van der Waals surface area contributed by atoms with E-state index in [1.54, 1.807) is 0 Å². The number of benzene rings is 1. The number of hydrogen-bond donors (Lipinski definition) is 1. The van der Waals surface area contributed by atoms with E-state index in [-0.39, 0.29) is 0 Å². The molecule has 0 saturated carbocycles. The van der Waals surface area contributed by atoms with Crippen LogP contribution in [0.4, 0.5) is 5.69 Å². The molecule has 1 N–H and O–H groups in total. The quantitative estimate of drug-likeness (QED) is 0.793. The van der Waals surface area contributed by atoms with Crippen molar-refractivity contribution in [3.63, 3.8) is 0 Å². The molecule has 1 aromatic rings. The van der Waals surface area contributed by atoms with Crippen LogP contribution < -0.4 is 5.32 Å².